The first-order valence-corrected chi connectivity index (χ1v) is 4.28. The molecule has 0 bridgehead atoms. The Hall–Kier alpha value is -1.35. The maximum atomic E-state index is 11.1. The Kier molecular flexibility index (Phi) is 2.02. The van der Waals surface area contributed by atoms with Crippen molar-refractivity contribution in [2.24, 2.45) is 0 Å². The summed E-state index contributed by atoms with van der Waals surface area (Å²) < 4.78 is 5.40. The van der Waals surface area contributed by atoms with Crippen LogP contribution in [0.3, 0.4) is 0 Å². The Morgan fingerprint density at radius 3 is 2.54 bits per heavy atom. The highest BCUT2D eigenvalue weighted by Crippen LogP contribution is 2.21. The van der Waals surface area contributed by atoms with Crippen molar-refractivity contribution in [1.82, 2.24) is 5.32 Å². The molecule has 68 valence electrons. The lowest BCUT2D eigenvalue weighted by Gasteiger charge is -2.09. The molecule has 1 N–H and O–H groups in total. The number of carbonyl (C=O) groups is 1. The number of amides is 1. The number of hydrogen-bond acceptors (Lipinski definition) is 2. The number of nitrogens with one attached hydrogen (secondary N) is 1. The molecule has 0 spiro atoms. The van der Waals surface area contributed by atoms with Gasteiger partial charge in [0, 0.05) is 5.56 Å². The van der Waals surface area contributed by atoms with Crippen LogP contribution in [0.2, 0.25) is 0 Å². The van der Waals surface area contributed by atoms with E-state index in [1.165, 1.54) is 0 Å². The van der Waals surface area contributed by atoms with Gasteiger partial charge in [0.1, 0.15) is 6.10 Å². The lowest BCUT2D eigenvalue weighted by Crippen LogP contribution is -2.22. The second-order valence-electron chi connectivity index (χ2n) is 3.08. The van der Waals surface area contributed by atoms with Crippen molar-refractivity contribution < 1.29 is 9.53 Å². The van der Waals surface area contributed by atoms with Crippen molar-refractivity contribution in [1.29, 1.82) is 0 Å². The summed E-state index contributed by atoms with van der Waals surface area (Å²) >= 11 is 0. The van der Waals surface area contributed by atoms with Crippen molar-refractivity contribution in [2.45, 2.75) is 19.3 Å². The largest absolute Gasteiger partial charge is 0.341 e. The number of carbonyl (C=O) groups excluding carboxylic acids is 1. The summed E-state index contributed by atoms with van der Waals surface area (Å²) in [6.45, 7) is 1.75. The molecule has 0 radical (unpaired) electrons. The fourth-order valence-electron chi connectivity index (χ4n) is 1.34. The summed E-state index contributed by atoms with van der Waals surface area (Å²) in [5.41, 5.74) is 0.986. The lowest BCUT2D eigenvalue weighted by molar-refractivity contribution is -0.122. The zero-order valence-electron chi connectivity index (χ0n) is 7.36. The smallest absolute Gasteiger partial charge is 0.251 e. The Bertz CT molecular complexity index is 310. The summed E-state index contributed by atoms with van der Waals surface area (Å²) in [5, 5.41) is 2.76. The molecule has 1 aromatic carbocycles. The highest BCUT2D eigenvalue weighted by molar-refractivity contribution is 5.82. The maximum Gasteiger partial charge on any atom is 0.251 e. The van der Waals surface area contributed by atoms with Gasteiger partial charge in [-0.3, -0.25) is 4.79 Å². The summed E-state index contributed by atoms with van der Waals surface area (Å²) in [5.74, 6) is -0.0474. The molecule has 2 rings (SSSR count). The van der Waals surface area contributed by atoms with Gasteiger partial charge >= 0.3 is 0 Å². The van der Waals surface area contributed by atoms with Gasteiger partial charge < -0.3 is 10.1 Å². The molecule has 0 aromatic heterocycles. The van der Waals surface area contributed by atoms with Crippen molar-refractivity contribution in [2.75, 3.05) is 0 Å². The first-order valence-electron chi connectivity index (χ1n) is 4.28. The quantitative estimate of drug-likeness (QED) is 0.700. The molecule has 1 amide bonds. The molecule has 1 fully saturated rings. The Balaban J connectivity index is 2.17. The molecule has 1 aromatic rings. The van der Waals surface area contributed by atoms with Gasteiger partial charge in [-0.2, -0.15) is 0 Å². The number of benzene rings is 1. The monoisotopic (exact) mass is 177 g/mol. The van der Waals surface area contributed by atoms with E-state index in [-0.39, 0.29) is 18.2 Å². The van der Waals surface area contributed by atoms with E-state index in [2.05, 4.69) is 5.32 Å². The zero-order valence-corrected chi connectivity index (χ0v) is 7.36. The van der Waals surface area contributed by atoms with Crippen molar-refractivity contribution >= 4 is 5.91 Å². The van der Waals surface area contributed by atoms with Gasteiger partial charge in [-0.15, -0.1) is 0 Å². The predicted molar refractivity (Wildman–Crippen MR) is 47.9 cm³/mol. The third-order valence-electron chi connectivity index (χ3n) is 2.09. The van der Waals surface area contributed by atoms with E-state index < -0.39 is 0 Å². The maximum absolute atomic E-state index is 11.1. The second-order valence-corrected chi connectivity index (χ2v) is 3.08. The second kappa shape index (κ2) is 3.18. The topological polar surface area (TPSA) is 38.3 Å². The molecule has 2 atom stereocenters. The summed E-state index contributed by atoms with van der Waals surface area (Å²) in [6.07, 6.45) is -0.617. The molecule has 3 heteroatoms. The highest BCUT2D eigenvalue weighted by atomic mass is 16.5. The molecule has 1 saturated heterocycles. The van der Waals surface area contributed by atoms with Crippen LogP contribution in [0.25, 0.3) is 0 Å². The van der Waals surface area contributed by atoms with Crippen LogP contribution in [0.5, 0.6) is 0 Å². The molecule has 3 nitrogen and oxygen atoms in total. The first kappa shape index (κ1) is 8.26. The number of hydrogen-bond donors (Lipinski definition) is 1. The molecule has 0 aliphatic carbocycles. The van der Waals surface area contributed by atoms with Gasteiger partial charge in [-0.05, 0) is 6.92 Å². The van der Waals surface area contributed by atoms with Crippen LogP contribution >= 0.6 is 0 Å². The van der Waals surface area contributed by atoms with E-state index in [1.807, 2.05) is 30.3 Å². The Morgan fingerprint density at radius 2 is 2.00 bits per heavy atom. The minimum atomic E-state index is -0.342. The zero-order chi connectivity index (χ0) is 9.26. The van der Waals surface area contributed by atoms with Crippen molar-refractivity contribution in [3.8, 4) is 0 Å². The van der Waals surface area contributed by atoms with Crippen molar-refractivity contribution in [3.63, 3.8) is 0 Å². The van der Waals surface area contributed by atoms with E-state index >= 15 is 0 Å². The highest BCUT2D eigenvalue weighted by Gasteiger charge is 2.29. The van der Waals surface area contributed by atoms with Crippen LogP contribution in [0.15, 0.2) is 30.3 Å². The summed E-state index contributed by atoms with van der Waals surface area (Å²) in [6, 6.07) is 9.65. The van der Waals surface area contributed by atoms with Gasteiger partial charge in [-0.25, -0.2) is 0 Å². The van der Waals surface area contributed by atoms with Gasteiger partial charge in [-0.1, -0.05) is 30.3 Å². The van der Waals surface area contributed by atoms with Crippen LogP contribution in [0.1, 0.15) is 18.7 Å². The molecule has 0 unspecified atom stereocenters. The molecular formula is C10H11NO2. The predicted octanol–water partition coefficient (Wildman–Crippen LogP) is 1.22. The van der Waals surface area contributed by atoms with Gasteiger partial charge in [0.2, 0.25) is 0 Å². The van der Waals surface area contributed by atoms with E-state index in [4.69, 9.17) is 4.74 Å². The van der Waals surface area contributed by atoms with E-state index in [0.717, 1.165) is 5.56 Å². The number of ether oxygens (including phenoxy) is 1. The van der Waals surface area contributed by atoms with E-state index in [0.29, 0.717) is 0 Å². The standard InChI is InChI=1S/C10H11NO2/c1-7-9(12)11-10(13-7)8-5-3-2-4-6-8/h2-7,10H,1H3,(H,11,12)/t7-,10+/m0/s1. The van der Waals surface area contributed by atoms with Crippen molar-refractivity contribution in [3.05, 3.63) is 35.9 Å². The summed E-state index contributed by atoms with van der Waals surface area (Å²) in [7, 11) is 0. The average molecular weight is 177 g/mol. The Morgan fingerprint density at radius 1 is 1.31 bits per heavy atom. The van der Waals surface area contributed by atoms with Crippen LogP contribution in [0.4, 0.5) is 0 Å². The van der Waals surface area contributed by atoms with Crippen LogP contribution in [0, 0.1) is 0 Å². The Labute approximate surface area is 76.7 Å². The van der Waals surface area contributed by atoms with E-state index in [1.54, 1.807) is 6.92 Å². The molecule has 0 saturated carbocycles. The third kappa shape index (κ3) is 1.55. The van der Waals surface area contributed by atoms with Crippen LogP contribution in [-0.4, -0.2) is 12.0 Å². The lowest BCUT2D eigenvalue weighted by atomic mass is 10.2. The fourth-order valence-corrected chi connectivity index (χ4v) is 1.34. The average Bonchev–Trinajstić information content (AvgIpc) is 2.49. The normalized spacial score (nSPS) is 27.3. The minimum Gasteiger partial charge on any atom is -0.341 e. The summed E-state index contributed by atoms with van der Waals surface area (Å²) in [4.78, 5) is 11.1. The number of rotatable bonds is 1. The molecule has 13 heavy (non-hydrogen) atoms. The minimum absolute atomic E-state index is 0.0474. The molecule has 1 heterocycles. The fraction of sp³-hybridized carbons (Fsp3) is 0.300. The first-order chi connectivity index (χ1) is 6.27. The molecular weight excluding hydrogens is 166 g/mol. The SMILES string of the molecule is C[C@@H]1O[C@H](c2ccccc2)NC1=O. The van der Waals surface area contributed by atoms with Gasteiger partial charge in [0.25, 0.3) is 5.91 Å². The van der Waals surface area contributed by atoms with Gasteiger partial charge in [0.15, 0.2) is 6.23 Å². The van der Waals surface area contributed by atoms with E-state index in [9.17, 15) is 4.79 Å². The molecule has 1 aliphatic heterocycles. The van der Waals surface area contributed by atoms with Crippen LogP contribution in [-0.2, 0) is 9.53 Å². The molecule has 1 aliphatic rings. The van der Waals surface area contributed by atoms with Crippen LogP contribution < -0.4 is 5.32 Å². The van der Waals surface area contributed by atoms with Gasteiger partial charge in [0.05, 0.1) is 0 Å². The third-order valence-corrected chi connectivity index (χ3v) is 2.09.